The van der Waals surface area contributed by atoms with Gasteiger partial charge in [0.15, 0.2) is 0 Å². The predicted molar refractivity (Wildman–Crippen MR) is 92.5 cm³/mol. The lowest BCUT2D eigenvalue weighted by atomic mass is 10.0. The van der Waals surface area contributed by atoms with Crippen LogP contribution in [0.1, 0.15) is 11.3 Å². The molecule has 0 fully saturated rings. The van der Waals surface area contributed by atoms with E-state index in [1.807, 2.05) is 12.1 Å². The molecule has 118 valence electrons. The van der Waals surface area contributed by atoms with Gasteiger partial charge in [-0.15, -0.1) is 0 Å². The number of para-hydroxylation sites is 2. The highest BCUT2D eigenvalue weighted by molar-refractivity contribution is 5.90. The van der Waals surface area contributed by atoms with E-state index < -0.39 is 0 Å². The molecule has 1 N–H and O–H groups in total. The summed E-state index contributed by atoms with van der Waals surface area (Å²) in [6, 6.07) is 13.4. The molecule has 4 nitrogen and oxygen atoms in total. The summed E-state index contributed by atoms with van der Waals surface area (Å²) < 4.78 is 14.0. The minimum Gasteiger partial charge on any atom is -0.358 e. The van der Waals surface area contributed by atoms with Gasteiger partial charge >= 0.3 is 0 Å². The van der Waals surface area contributed by atoms with Crippen molar-refractivity contribution in [3.8, 4) is 0 Å². The first-order chi connectivity index (χ1) is 11.8. The molecule has 0 aliphatic carbocycles. The number of H-pyrrole nitrogens is 1. The summed E-state index contributed by atoms with van der Waals surface area (Å²) in [6.45, 7) is 1.62. The van der Waals surface area contributed by atoms with Gasteiger partial charge in [0, 0.05) is 47.1 Å². The van der Waals surface area contributed by atoms with Crippen molar-refractivity contribution in [2.75, 3.05) is 11.4 Å². The van der Waals surface area contributed by atoms with Gasteiger partial charge in [-0.3, -0.25) is 0 Å². The highest BCUT2D eigenvalue weighted by Gasteiger charge is 2.23. The third-order valence-corrected chi connectivity index (χ3v) is 4.78. The number of fused-ring (bicyclic) bond motifs is 4. The Bertz CT molecular complexity index is 1070. The van der Waals surface area contributed by atoms with Crippen molar-refractivity contribution < 1.29 is 4.39 Å². The van der Waals surface area contributed by atoms with E-state index in [0.29, 0.717) is 5.52 Å². The molecule has 5 heteroatoms. The molecule has 1 aliphatic rings. The Morgan fingerprint density at radius 1 is 1.00 bits per heavy atom. The van der Waals surface area contributed by atoms with Crippen molar-refractivity contribution in [1.82, 2.24) is 15.0 Å². The van der Waals surface area contributed by atoms with Crippen LogP contribution >= 0.6 is 0 Å². The Hall–Kier alpha value is -2.95. The van der Waals surface area contributed by atoms with Gasteiger partial charge in [0.1, 0.15) is 23.5 Å². The molecule has 0 unspecified atom stereocenters. The summed E-state index contributed by atoms with van der Waals surface area (Å²) in [5, 5.41) is 2.02. The molecule has 4 aromatic rings. The summed E-state index contributed by atoms with van der Waals surface area (Å²) in [7, 11) is 0. The summed E-state index contributed by atoms with van der Waals surface area (Å²) in [5.41, 5.74) is 4.15. The number of nitrogens with zero attached hydrogens (tertiary/aromatic N) is 3. The quantitative estimate of drug-likeness (QED) is 0.580. The van der Waals surface area contributed by atoms with E-state index >= 15 is 0 Å². The molecule has 1 aliphatic heterocycles. The van der Waals surface area contributed by atoms with E-state index in [1.54, 1.807) is 6.07 Å². The van der Waals surface area contributed by atoms with Crippen molar-refractivity contribution in [3.05, 3.63) is 65.9 Å². The second-order valence-electron chi connectivity index (χ2n) is 6.13. The highest BCUT2D eigenvalue weighted by atomic mass is 19.1. The number of benzene rings is 2. The average Bonchev–Trinajstić information content (AvgIpc) is 2.99. The molecular formula is C19H15FN4. The van der Waals surface area contributed by atoms with Crippen LogP contribution in [-0.2, 0) is 13.0 Å². The molecule has 0 radical (unpaired) electrons. The molecule has 0 bridgehead atoms. The molecule has 3 heterocycles. The van der Waals surface area contributed by atoms with E-state index in [9.17, 15) is 4.39 Å². The molecule has 2 aromatic carbocycles. The van der Waals surface area contributed by atoms with Crippen LogP contribution in [0.25, 0.3) is 21.8 Å². The molecule has 0 saturated heterocycles. The van der Waals surface area contributed by atoms with Gasteiger partial charge < -0.3 is 9.88 Å². The SMILES string of the molecule is Fc1cccc2c(N3CCc4[nH]c5ccccc5c4C3)ncnc12. The molecule has 0 amide bonds. The number of hydrogen-bond donors (Lipinski definition) is 1. The Kier molecular flexibility index (Phi) is 2.82. The largest absolute Gasteiger partial charge is 0.358 e. The van der Waals surface area contributed by atoms with E-state index in [2.05, 4.69) is 38.1 Å². The Morgan fingerprint density at radius 3 is 2.83 bits per heavy atom. The number of nitrogens with one attached hydrogen (secondary N) is 1. The van der Waals surface area contributed by atoms with E-state index in [0.717, 1.165) is 30.7 Å². The van der Waals surface area contributed by atoms with Crippen molar-refractivity contribution in [1.29, 1.82) is 0 Å². The van der Waals surface area contributed by atoms with Gasteiger partial charge in [0.2, 0.25) is 0 Å². The van der Waals surface area contributed by atoms with Gasteiger partial charge in [-0.2, -0.15) is 0 Å². The third kappa shape index (κ3) is 1.91. The van der Waals surface area contributed by atoms with Crippen molar-refractivity contribution >= 4 is 27.6 Å². The predicted octanol–water partition coefficient (Wildman–Crippen LogP) is 3.81. The fourth-order valence-corrected chi connectivity index (χ4v) is 3.64. The lowest BCUT2D eigenvalue weighted by Crippen LogP contribution is -2.31. The van der Waals surface area contributed by atoms with Crippen molar-refractivity contribution in [3.63, 3.8) is 0 Å². The first-order valence-corrected chi connectivity index (χ1v) is 8.04. The molecule has 2 aromatic heterocycles. The number of hydrogen-bond acceptors (Lipinski definition) is 3. The van der Waals surface area contributed by atoms with Crippen LogP contribution in [0.2, 0.25) is 0 Å². The summed E-state index contributed by atoms with van der Waals surface area (Å²) in [4.78, 5) is 14.3. The summed E-state index contributed by atoms with van der Waals surface area (Å²) in [6.07, 6.45) is 2.37. The van der Waals surface area contributed by atoms with Gasteiger partial charge in [-0.1, -0.05) is 24.3 Å². The Labute approximate surface area is 138 Å². The summed E-state index contributed by atoms with van der Waals surface area (Å²) in [5.74, 6) is 0.497. The van der Waals surface area contributed by atoms with Crippen LogP contribution < -0.4 is 4.90 Å². The third-order valence-electron chi connectivity index (χ3n) is 4.78. The number of rotatable bonds is 1. The fourth-order valence-electron chi connectivity index (χ4n) is 3.64. The lowest BCUT2D eigenvalue weighted by molar-refractivity contribution is 0.636. The molecule has 24 heavy (non-hydrogen) atoms. The molecule has 0 saturated carbocycles. The number of aromatic nitrogens is 3. The Morgan fingerprint density at radius 2 is 1.88 bits per heavy atom. The zero-order valence-electron chi connectivity index (χ0n) is 13.0. The molecule has 0 atom stereocenters. The van der Waals surface area contributed by atoms with Gasteiger partial charge in [0.25, 0.3) is 0 Å². The molecule has 0 spiro atoms. The van der Waals surface area contributed by atoms with Crippen LogP contribution in [0.4, 0.5) is 10.2 Å². The maximum Gasteiger partial charge on any atom is 0.149 e. The number of aromatic amines is 1. The molecule has 5 rings (SSSR count). The monoisotopic (exact) mass is 318 g/mol. The van der Waals surface area contributed by atoms with Crippen LogP contribution in [0, 0.1) is 5.82 Å². The van der Waals surface area contributed by atoms with Crippen LogP contribution in [-0.4, -0.2) is 21.5 Å². The Balaban J connectivity index is 1.64. The smallest absolute Gasteiger partial charge is 0.149 e. The molecular weight excluding hydrogens is 303 g/mol. The second kappa shape index (κ2) is 5.03. The first-order valence-electron chi connectivity index (χ1n) is 8.04. The standard InChI is InChI=1S/C19H15FN4/c20-15-6-3-5-13-18(15)21-11-22-19(13)24-9-8-17-14(10-24)12-4-1-2-7-16(12)23-17/h1-7,11,23H,8-10H2. The van der Waals surface area contributed by atoms with Gasteiger partial charge in [-0.25, -0.2) is 14.4 Å². The summed E-state index contributed by atoms with van der Waals surface area (Å²) >= 11 is 0. The number of halogens is 1. The normalized spacial score (nSPS) is 14.3. The van der Waals surface area contributed by atoms with Gasteiger partial charge in [-0.05, 0) is 18.2 Å². The average molecular weight is 318 g/mol. The lowest BCUT2D eigenvalue weighted by Gasteiger charge is -2.29. The highest BCUT2D eigenvalue weighted by Crippen LogP contribution is 2.32. The topological polar surface area (TPSA) is 44.8 Å². The maximum absolute atomic E-state index is 14.0. The van der Waals surface area contributed by atoms with Crippen LogP contribution in [0.5, 0.6) is 0 Å². The van der Waals surface area contributed by atoms with E-state index in [1.165, 1.54) is 34.6 Å². The number of anilines is 1. The minimum absolute atomic E-state index is 0.305. The first kappa shape index (κ1) is 13.5. The fraction of sp³-hybridized carbons (Fsp3) is 0.158. The maximum atomic E-state index is 14.0. The van der Waals surface area contributed by atoms with E-state index in [-0.39, 0.29) is 5.82 Å². The van der Waals surface area contributed by atoms with Crippen LogP contribution in [0.3, 0.4) is 0 Å². The van der Waals surface area contributed by atoms with Crippen LogP contribution in [0.15, 0.2) is 48.8 Å². The second-order valence-corrected chi connectivity index (χ2v) is 6.13. The van der Waals surface area contributed by atoms with E-state index in [4.69, 9.17) is 0 Å². The van der Waals surface area contributed by atoms with Crippen molar-refractivity contribution in [2.24, 2.45) is 0 Å². The minimum atomic E-state index is -0.305. The van der Waals surface area contributed by atoms with Gasteiger partial charge in [0.05, 0.1) is 0 Å². The zero-order chi connectivity index (χ0) is 16.1. The zero-order valence-corrected chi connectivity index (χ0v) is 13.0. The van der Waals surface area contributed by atoms with Crippen molar-refractivity contribution in [2.45, 2.75) is 13.0 Å².